The van der Waals surface area contributed by atoms with Crippen molar-refractivity contribution in [1.29, 1.82) is 0 Å². The Labute approximate surface area is 189 Å². The van der Waals surface area contributed by atoms with Crippen molar-refractivity contribution < 1.29 is 21.6 Å². The molecule has 0 unspecified atom stereocenters. The average molecular weight is 478 g/mol. The molecule has 4 rings (SSSR count). The minimum Gasteiger partial charge on any atom is -0.352 e. The van der Waals surface area contributed by atoms with Crippen LogP contribution in [0, 0.1) is 5.92 Å². The van der Waals surface area contributed by atoms with Crippen LogP contribution in [0.2, 0.25) is 0 Å². The van der Waals surface area contributed by atoms with Gasteiger partial charge < -0.3 is 5.32 Å². The highest BCUT2D eigenvalue weighted by atomic mass is 32.2. The summed E-state index contributed by atoms with van der Waals surface area (Å²) in [5, 5.41) is 2.92. The molecule has 1 amide bonds. The molecule has 1 N–H and O–H groups in total. The van der Waals surface area contributed by atoms with Gasteiger partial charge in [-0.25, -0.2) is 16.8 Å². The minimum absolute atomic E-state index is 0.127. The van der Waals surface area contributed by atoms with Crippen molar-refractivity contribution in [2.24, 2.45) is 5.92 Å². The van der Waals surface area contributed by atoms with Crippen molar-refractivity contribution in [2.45, 2.75) is 24.2 Å². The van der Waals surface area contributed by atoms with E-state index in [1.54, 1.807) is 54.6 Å². The number of piperidine rings is 1. The number of anilines is 1. The summed E-state index contributed by atoms with van der Waals surface area (Å²) in [7, 11) is -6.79. The Hall–Kier alpha value is -2.43. The molecule has 0 bridgehead atoms. The first-order chi connectivity index (χ1) is 15.3. The molecule has 2 aliphatic heterocycles. The van der Waals surface area contributed by atoms with Gasteiger partial charge in [-0.1, -0.05) is 24.3 Å². The van der Waals surface area contributed by atoms with E-state index >= 15 is 0 Å². The lowest BCUT2D eigenvalue weighted by Gasteiger charge is -2.31. The summed E-state index contributed by atoms with van der Waals surface area (Å²) >= 11 is 0. The van der Waals surface area contributed by atoms with Crippen LogP contribution in [0.3, 0.4) is 0 Å². The predicted octanol–water partition coefficient (Wildman–Crippen LogP) is 2.06. The van der Waals surface area contributed by atoms with Crippen LogP contribution in [0.1, 0.15) is 29.6 Å². The normalized spacial score (nSPS) is 19.7. The molecule has 2 heterocycles. The Bertz CT molecular complexity index is 1180. The van der Waals surface area contributed by atoms with Crippen LogP contribution in [0.4, 0.5) is 5.69 Å². The van der Waals surface area contributed by atoms with Crippen LogP contribution < -0.4 is 9.62 Å². The van der Waals surface area contributed by atoms with Crippen molar-refractivity contribution in [3.63, 3.8) is 0 Å². The van der Waals surface area contributed by atoms with Crippen molar-refractivity contribution in [1.82, 2.24) is 9.62 Å². The molecular formula is C22H27N3O5S2. The summed E-state index contributed by atoms with van der Waals surface area (Å²) in [6, 6.07) is 15.1. The Morgan fingerprint density at radius 2 is 1.72 bits per heavy atom. The van der Waals surface area contributed by atoms with Crippen LogP contribution in [-0.2, 0) is 20.0 Å². The number of hydrogen-bond donors (Lipinski definition) is 1. The van der Waals surface area contributed by atoms with Crippen LogP contribution >= 0.6 is 0 Å². The molecule has 2 aromatic carbocycles. The monoisotopic (exact) mass is 477 g/mol. The standard InChI is InChI=1S/C22H27N3O5S2/c26-22(19-6-4-7-20(16-19)25-12-5-15-31(25,27)28)23-17-18-10-13-24(14-11-18)32(29,30)21-8-2-1-3-9-21/h1-4,6-9,16,18H,5,10-15,17H2,(H,23,26). The molecule has 0 spiro atoms. The van der Waals surface area contributed by atoms with Crippen LogP contribution in [0.5, 0.6) is 0 Å². The van der Waals surface area contributed by atoms with Crippen molar-refractivity contribution >= 4 is 31.6 Å². The molecule has 2 saturated heterocycles. The first kappa shape index (κ1) is 22.8. The summed E-state index contributed by atoms with van der Waals surface area (Å²) in [5.74, 6) is 0.0494. The lowest BCUT2D eigenvalue weighted by atomic mass is 9.98. The number of rotatable bonds is 6. The highest BCUT2D eigenvalue weighted by Gasteiger charge is 2.30. The fourth-order valence-corrected chi connectivity index (χ4v) is 7.21. The molecule has 0 aliphatic carbocycles. The second-order valence-corrected chi connectivity index (χ2v) is 12.1. The summed E-state index contributed by atoms with van der Waals surface area (Å²) in [6.07, 6.45) is 1.91. The molecule has 32 heavy (non-hydrogen) atoms. The molecule has 10 heteroatoms. The van der Waals surface area contributed by atoms with E-state index in [2.05, 4.69) is 5.32 Å². The van der Waals surface area contributed by atoms with Gasteiger partial charge in [-0.3, -0.25) is 9.10 Å². The minimum atomic E-state index is -3.49. The van der Waals surface area contributed by atoms with Crippen LogP contribution in [0.15, 0.2) is 59.5 Å². The van der Waals surface area contributed by atoms with Gasteiger partial charge in [0.2, 0.25) is 20.0 Å². The largest absolute Gasteiger partial charge is 0.352 e. The molecule has 0 aromatic heterocycles. The number of sulfonamides is 2. The Balaban J connectivity index is 1.32. The highest BCUT2D eigenvalue weighted by molar-refractivity contribution is 7.93. The number of nitrogens with zero attached hydrogens (tertiary/aromatic N) is 2. The third-order valence-corrected chi connectivity index (χ3v) is 9.78. The molecular weight excluding hydrogens is 450 g/mol. The quantitative estimate of drug-likeness (QED) is 0.686. The highest BCUT2D eigenvalue weighted by Crippen LogP contribution is 2.26. The Morgan fingerprint density at radius 3 is 2.38 bits per heavy atom. The summed E-state index contributed by atoms with van der Waals surface area (Å²) in [4.78, 5) is 12.9. The molecule has 2 aliphatic rings. The Morgan fingerprint density at radius 1 is 1.00 bits per heavy atom. The van der Waals surface area contributed by atoms with E-state index in [9.17, 15) is 21.6 Å². The zero-order valence-corrected chi connectivity index (χ0v) is 19.3. The van der Waals surface area contributed by atoms with Crippen LogP contribution in [-0.4, -0.2) is 59.0 Å². The van der Waals surface area contributed by atoms with E-state index in [1.165, 1.54) is 8.61 Å². The molecule has 0 radical (unpaired) electrons. The number of amides is 1. The predicted molar refractivity (Wildman–Crippen MR) is 122 cm³/mol. The van der Waals surface area contributed by atoms with E-state index in [4.69, 9.17) is 0 Å². The fourth-order valence-electron chi connectivity index (χ4n) is 4.17. The van der Waals surface area contributed by atoms with Gasteiger partial charge in [-0.15, -0.1) is 0 Å². The Kier molecular flexibility index (Phi) is 6.55. The maximum Gasteiger partial charge on any atom is 0.251 e. The lowest BCUT2D eigenvalue weighted by molar-refractivity contribution is 0.0941. The first-order valence-electron chi connectivity index (χ1n) is 10.7. The number of carbonyl (C=O) groups excluding carboxylic acids is 1. The van der Waals surface area contributed by atoms with E-state index in [0.717, 1.165) is 0 Å². The van der Waals surface area contributed by atoms with Gasteiger partial charge in [0, 0.05) is 31.7 Å². The summed E-state index contributed by atoms with van der Waals surface area (Å²) in [6.45, 7) is 1.71. The molecule has 8 nitrogen and oxygen atoms in total. The van der Waals surface area contributed by atoms with Gasteiger partial charge >= 0.3 is 0 Å². The molecule has 2 fully saturated rings. The second kappa shape index (κ2) is 9.21. The molecule has 0 atom stereocenters. The van der Waals surface area contributed by atoms with E-state index in [-0.39, 0.29) is 17.6 Å². The maximum atomic E-state index is 12.7. The number of hydrogen-bond acceptors (Lipinski definition) is 5. The average Bonchev–Trinajstić information content (AvgIpc) is 3.17. The lowest BCUT2D eigenvalue weighted by Crippen LogP contribution is -2.41. The fraction of sp³-hybridized carbons (Fsp3) is 0.409. The van der Waals surface area contributed by atoms with E-state index in [1.807, 2.05) is 0 Å². The summed E-state index contributed by atoms with van der Waals surface area (Å²) < 4.78 is 52.6. The smallest absolute Gasteiger partial charge is 0.251 e. The van der Waals surface area contributed by atoms with E-state index < -0.39 is 20.0 Å². The summed E-state index contributed by atoms with van der Waals surface area (Å²) in [5.41, 5.74) is 0.920. The zero-order valence-electron chi connectivity index (χ0n) is 17.7. The van der Waals surface area contributed by atoms with Crippen molar-refractivity contribution in [3.8, 4) is 0 Å². The third-order valence-electron chi connectivity index (χ3n) is 6.00. The number of benzene rings is 2. The second-order valence-electron chi connectivity index (χ2n) is 8.16. The SMILES string of the molecule is O=C(NCC1CCN(S(=O)(=O)c2ccccc2)CC1)c1cccc(N2CCCS2(=O)=O)c1. The topological polar surface area (TPSA) is 104 Å². The van der Waals surface area contributed by atoms with Gasteiger partial charge in [0.1, 0.15) is 0 Å². The van der Waals surface area contributed by atoms with Crippen LogP contribution in [0.25, 0.3) is 0 Å². The first-order valence-corrected chi connectivity index (χ1v) is 13.8. The zero-order chi connectivity index (χ0) is 22.8. The number of nitrogens with one attached hydrogen (secondary N) is 1. The maximum absolute atomic E-state index is 12.7. The third kappa shape index (κ3) is 4.82. The molecule has 172 valence electrons. The van der Waals surface area contributed by atoms with E-state index in [0.29, 0.717) is 61.6 Å². The van der Waals surface area contributed by atoms with Gasteiger partial charge in [0.25, 0.3) is 5.91 Å². The van der Waals surface area contributed by atoms with Crippen molar-refractivity contribution in [3.05, 3.63) is 60.2 Å². The van der Waals surface area contributed by atoms with Crippen molar-refractivity contribution in [2.75, 3.05) is 36.2 Å². The molecule has 2 aromatic rings. The van der Waals surface area contributed by atoms with Gasteiger partial charge in [-0.2, -0.15) is 4.31 Å². The van der Waals surface area contributed by atoms with Gasteiger partial charge in [0.15, 0.2) is 0 Å². The molecule has 0 saturated carbocycles. The van der Waals surface area contributed by atoms with Gasteiger partial charge in [-0.05, 0) is 55.5 Å². The number of carbonyl (C=O) groups is 1. The van der Waals surface area contributed by atoms with Gasteiger partial charge in [0.05, 0.1) is 16.3 Å².